The molecule has 0 atom stereocenters. The number of alkyl halides is 3. The summed E-state index contributed by atoms with van der Waals surface area (Å²) in [7, 11) is 0. The number of para-hydroxylation sites is 1. The lowest BCUT2D eigenvalue weighted by Crippen LogP contribution is -2.42. The summed E-state index contributed by atoms with van der Waals surface area (Å²) in [5.74, 6) is 0.818. The standard InChI is InChI=1S/C18H20F3N3O/c19-18(20,21)25-16-6-2-1-5-14(16)13-23-15-8-11-24(12-9-15)17-7-3-4-10-22-17/h1-7,10,15,23H,8-9,11-13H2. The quantitative estimate of drug-likeness (QED) is 0.891. The van der Waals surface area contributed by atoms with Gasteiger partial charge in [-0.05, 0) is 31.0 Å². The molecule has 0 unspecified atom stereocenters. The zero-order valence-corrected chi connectivity index (χ0v) is 13.7. The Bertz CT molecular complexity index is 671. The van der Waals surface area contributed by atoms with Crippen molar-refractivity contribution in [1.82, 2.24) is 10.3 Å². The molecule has 4 nitrogen and oxygen atoms in total. The number of hydrogen-bond donors (Lipinski definition) is 1. The molecule has 1 aliphatic rings. The van der Waals surface area contributed by atoms with Crippen molar-refractivity contribution in [3.8, 4) is 5.75 Å². The highest BCUT2D eigenvalue weighted by Gasteiger charge is 2.32. The minimum absolute atomic E-state index is 0.145. The molecule has 7 heteroatoms. The van der Waals surface area contributed by atoms with Gasteiger partial charge in [0.25, 0.3) is 0 Å². The average Bonchev–Trinajstić information content (AvgIpc) is 2.61. The summed E-state index contributed by atoms with van der Waals surface area (Å²) >= 11 is 0. The predicted octanol–water partition coefficient (Wildman–Crippen LogP) is 3.74. The normalized spacial score (nSPS) is 16.0. The zero-order valence-electron chi connectivity index (χ0n) is 13.7. The van der Waals surface area contributed by atoms with Crippen LogP contribution in [0, 0.1) is 0 Å². The first-order chi connectivity index (χ1) is 12.0. The van der Waals surface area contributed by atoms with Crippen LogP contribution in [-0.4, -0.2) is 30.5 Å². The van der Waals surface area contributed by atoms with E-state index in [4.69, 9.17) is 0 Å². The third-order valence-electron chi connectivity index (χ3n) is 4.25. The first-order valence-corrected chi connectivity index (χ1v) is 8.24. The van der Waals surface area contributed by atoms with Crippen LogP contribution in [0.1, 0.15) is 18.4 Å². The van der Waals surface area contributed by atoms with Crippen LogP contribution in [0.5, 0.6) is 5.75 Å². The van der Waals surface area contributed by atoms with Crippen LogP contribution in [0.3, 0.4) is 0 Å². The Balaban J connectivity index is 1.52. The summed E-state index contributed by atoms with van der Waals surface area (Å²) in [5, 5.41) is 3.34. The number of ether oxygens (including phenoxy) is 1. The third-order valence-corrected chi connectivity index (χ3v) is 4.25. The highest BCUT2D eigenvalue weighted by atomic mass is 19.4. The fourth-order valence-electron chi connectivity index (χ4n) is 2.98. The van der Waals surface area contributed by atoms with Crippen molar-refractivity contribution in [2.45, 2.75) is 31.8 Å². The summed E-state index contributed by atoms with van der Waals surface area (Å²) in [6, 6.07) is 12.3. The van der Waals surface area contributed by atoms with Gasteiger partial charge in [-0.1, -0.05) is 24.3 Å². The van der Waals surface area contributed by atoms with E-state index >= 15 is 0 Å². The minimum atomic E-state index is -4.68. The molecule has 2 aromatic rings. The van der Waals surface area contributed by atoms with Gasteiger partial charge in [0.2, 0.25) is 0 Å². The third kappa shape index (κ3) is 5.09. The van der Waals surface area contributed by atoms with Gasteiger partial charge in [-0.25, -0.2) is 4.98 Å². The monoisotopic (exact) mass is 351 g/mol. The minimum Gasteiger partial charge on any atom is -0.405 e. The second-order valence-electron chi connectivity index (χ2n) is 5.99. The molecule has 0 bridgehead atoms. The van der Waals surface area contributed by atoms with Crippen molar-refractivity contribution in [2.75, 3.05) is 18.0 Å². The molecule has 134 valence electrons. The molecule has 3 rings (SSSR count). The highest BCUT2D eigenvalue weighted by Crippen LogP contribution is 2.26. The predicted molar refractivity (Wildman–Crippen MR) is 89.4 cm³/mol. The fourth-order valence-corrected chi connectivity index (χ4v) is 2.98. The second-order valence-corrected chi connectivity index (χ2v) is 5.99. The van der Waals surface area contributed by atoms with Crippen molar-refractivity contribution in [3.63, 3.8) is 0 Å². The summed E-state index contributed by atoms with van der Waals surface area (Å²) in [5.41, 5.74) is 0.506. The number of benzene rings is 1. The number of nitrogens with zero attached hydrogens (tertiary/aromatic N) is 2. The summed E-state index contributed by atoms with van der Waals surface area (Å²) in [6.45, 7) is 2.09. The van der Waals surface area contributed by atoms with Crippen molar-refractivity contribution >= 4 is 5.82 Å². The maximum atomic E-state index is 12.5. The Morgan fingerprint density at radius 2 is 1.80 bits per heavy atom. The van der Waals surface area contributed by atoms with E-state index in [2.05, 4.69) is 19.9 Å². The molecule has 0 saturated carbocycles. The molecule has 25 heavy (non-hydrogen) atoms. The van der Waals surface area contributed by atoms with E-state index in [1.54, 1.807) is 18.3 Å². The van der Waals surface area contributed by atoms with Gasteiger partial charge in [-0.3, -0.25) is 0 Å². The molecule has 1 aliphatic heterocycles. The molecule has 1 fully saturated rings. The van der Waals surface area contributed by atoms with Crippen molar-refractivity contribution < 1.29 is 17.9 Å². The van der Waals surface area contributed by atoms with Crippen LogP contribution in [0.4, 0.5) is 19.0 Å². The Morgan fingerprint density at radius 3 is 2.48 bits per heavy atom. The van der Waals surface area contributed by atoms with Crippen LogP contribution in [-0.2, 0) is 6.54 Å². The number of nitrogens with one attached hydrogen (secondary N) is 1. The van der Waals surface area contributed by atoms with Crippen molar-refractivity contribution in [2.24, 2.45) is 0 Å². The summed E-state index contributed by atoms with van der Waals surface area (Å²) in [4.78, 5) is 6.57. The number of anilines is 1. The van der Waals surface area contributed by atoms with E-state index in [1.807, 2.05) is 18.2 Å². The first-order valence-electron chi connectivity index (χ1n) is 8.24. The zero-order chi connectivity index (χ0) is 17.7. The lowest BCUT2D eigenvalue weighted by molar-refractivity contribution is -0.274. The first kappa shape index (κ1) is 17.5. The Hall–Kier alpha value is -2.28. The van der Waals surface area contributed by atoms with Crippen molar-refractivity contribution in [3.05, 3.63) is 54.2 Å². The molecular weight excluding hydrogens is 331 g/mol. The van der Waals surface area contributed by atoms with E-state index in [1.165, 1.54) is 12.1 Å². The number of piperidine rings is 1. The lowest BCUT2D eigenvalue weighted by atomic mass is 10.0. The van der Waals surface area contributed by atoms with Gasteiger partial charge in [0.1, 0.15) is 11.6 Å². The Morgan fingerprint density at radius 1 is 1.08 bits per heavy atom. The number of pyridine rings is 1. The maximum Gasteiger partial charge on any atom is 0.573 e. The molecule has 0 amide bonds. The van der Waals surface area contributed by atoms with E-state index in [-0.39, 0.29) is 11.8 Å². The molecule has 0 radical (unpaired) electrons. The van der Waals surface area contributed by atoms with Gasteiger partial charge < -0.3 is 15.0 Å². The molecule has 0 aliphatic carbocycles. The number of hydrogen-bond acceptors (Lipinski definition) is 4. The molecule has 2 heterocycles. The molecule has 1 N–H and O–H groups in total. The Kier molecular flexibility index (Phi) is 5.43. The second kappa shape index (κ2) is 7.74. The van der Waals surface area contributed by atoms with Crippen LogP contribution in [0.15, 0.2) is 48.7 Å². The molecule has 1 aromatic carbocycles. The van der Waals surface area contributed by atoms with Crippen LogP contribution in [0.25, 0.3) is 0 Å². The number of rotatable bonds is 5. The fraction of sp³-hybridized carbons (Fsp3) is 0.389. The van der Waals surface area contributed by atoms with Gasteiger partial charge >= 0.3 is 6.36 Å². The number of halogens is 3. The van der Waals surface area contributed by atoms with Gasteiger partial charge in [-0.15, -0.1) is 13.2 Å². The van der Waals surface area contributed by atoms with E-state index < -0.39 is 6.36 Å². The van der Waals surface area contributed by atoms with E-state index in [0.717, 1.165) is 31.7 Å². The van der Waals surface area contributed by atoms with Crippen molar-refractivity contribution in [1.29, 1.82) is 0 Å². The molecule has 1 aromatic heterocycles. The molecule has 0 spiro atoms. The smallest absolute Gasteiger partial charge is 0.405 e. The summed E-state index contributed by atoms with van der Waals surface area (Å²) in [6.07, 6.45) is -1.07. The largest absolute Gasteiger partial charge is 0.573 e. The molecular formula is C18H20F3N3O. The van der Waals surface area contributed by atoms with Crippen LogP contribution < -0.4 is 15.0 Å². The van der Waals surface area contributed by atoms with Crippen LogP contribution >= 0.6 is 0 Å². The van der Waals surface area contributed by atoms with Crippen LogP contribution in [0.2, 0.25) is 0 Å². The van der Waals surface area contributed by atoms with E-state index in [0.29, 0.717) is 12.1 Å². The van der Waals surface area contributed by atoms with E-state index in [9.17, 15) is 13.2 Å². The number of aromatic nitrogens is 1. The lowest BCUT2D eigenvalue weighted by Gasteiger charge is -2.33. The van der Waals surface area contributed by atoms with Gasteiger partial charge in [0.15, 0.2) is 0 Å². The Labute approximate surface area is 144 Å². The summed E-state index contributed by atoms with van der Waals surface area (Å²) < 4.78 is 41.5. The van der Waals surface area contributed by atoms with Gasteiger partial charge in [0.05, 0.1) is 0 Å². The topological polar surface area (TPSA) is 37.4 Å². The highest BCUT2D eigenvalue weighted by molar-refractivity contribution is 5.38. The molecule has 1 saturated heterocycles. The average molecular weight is 351 g/mol. The van der Waals surface area contributed by atoms with Gasteiger partial charge in [0, 0.05) is 37.4 Å². The van der Waals surface area contributed by atoms with Gasteiger partial charge in [-0.2, -0.15) is 0 Å². The SMILES string of the molecule is FC(F)(F)Oc1ccccc1CNC1CCN(c2ccccn2)CC1. The maximum absolute atomic E-state index is 12.5.